The second kappa shape index (κ2) is 13.9. The highest BCUT2D eigenvalue weighted by atomic mass is 32.2. The second-order valence-electron chi connectivity index (χ2n) is 7.95. The van der Waals surface area contributed by atoms with Gasteiger partial charge >= 0.3 is 0 Å². The minimum Gasteiger partial charge on any atom is -0.370 e. The summed E-state index contributed by atoms with van der Waals surface area (Å²) in [6, 6.07) is 5.73. The highest BCUT2D eigenvalue weighted by molar-refractivity contribution is 7.73. The SMILES string of the molecule is N=C(N)NCCC[C@@H](C=O)N(C(=O)C1NCCc2ccccc21)C(=O)[C@@H]1CCCN1.O=S(O)O. The maximum Gasteiger partial charge on any atom is 0.299 e. The van der Waals surface area contributed by atoms with Crippen LogP contribution in [0.5, 0.6) is 0 Å². The smallest absolute Gasteiger partial charge is 0.299 e. The summed E-state index contributed by atoms with van der Waals surface area (Å²) in [4.78, 5) is 40.0. The number of hydrogen-bond acceptors (Lipinski definition) is 7. The van der Waals surface area contributed by atoms with Gasteiger partial charge in [-0.25, -0.2) is 0 Å². The van der Waals surface area contributed by atoms with E-state index in [0.29, 0.717) is 38.6 Å². The number of amides is 2. The van der Waals surface area contributed by atoms with Crippen molar-refractivity contribution < 1.29 is 27.7 Å². The van der Waals surface area contributed by atoms with Crippen LogP contribution in [0.25, 0.3) is 0 Å². The molecule has 3 rings (SSSR count). The third kappa shape index (κ3) is 7.95. The van der Waals surface area contributed by atoms with Crippen molar-refractivity contribution >= 4 is 35.4 Å². The molecule has 2 heterocycles. The number of benzene rings is 1. The Labute approximate surface area is 200 Å². The van der Waals surface area contributed by atoms with E-state index >= 15 is 0 Å². The molecule has 8 N–H and O–H groups in total. The van der Waals surface area contributed by atoms with Crippen molar-refractivity contribution in [1.82, 2.24) is 20.9 Å². The van der Waals surface area contributed by atoms with Gasteiger partial charge in [0.25, 0.3) is 17.3 Å². The normalized spacial score (nSPS) is 19.9. The number of guanidine groups is 1. The zero-order chi connectivity index (χ0) is 25.1. The molecule has 0 saturated carbocycles. The molecule has 1 aromatic carbocycles. The number of hydrogen-bond donors (Lipinski definition) is 7. The Morgan fingerprint density at radius 1 is 1.26 bits per heavy atom. The molecule has 0 aromatic heterocycles. The van der Waals surface area contributed by atoms with E-state index in [2.05, 4.69) is 16.0 Å². The molecule has 3 atom stereocenters. The van der Waals surface area contributed by atoms with Crippen LogP contribution in [0.2, 0.25) is 0 Å². The number of carbonyl (C=O) groups excluding carboxylic acids is 3. The summed E-state index contributed by atoms with van der Waals surface area (Å²) in [5, 5.41) is 16.3. The first-order chi connectivity index (χ1) is 16.3. The molecule has 0 aliphatic carbocycles. The Balaban J connectivity index is 0.000000945. The second-order valence-corrected chi connectivity index (χ2v) is 8.41. The number of imide groups is 1. The quantitative estimate of drug-likeness (QED) is 0.0614. The Morgan fingerprint density at radius 2 is 1.97 bits per heavy atom. The van der Waals surface area contributed by atoms with Gasteiger partial charge in [-0.3, -0.25) is 29.0 Å². The fraction of sp³-hybridized carbons (Fsp3) is 0.524. The van der Waals surface area contributed by atoms with Crippen molar-refractivity contribution in [3.8, 4) is 0 Å². The first kappa shape index (κ1) is 27.5. The summed E-state index contributed by atoms with van der Waals surface area (Å²) in [7, 11) is 0. The first-order valence-electron chi connectivity index (χ1n) is 11.0. The number of nitrogens with one attached hydrogen (secondary N) is 4. The van der Waals surface area contributed by atoms with Crippen molar-refractivity contribution in [2.45, 2.75) is 50.2 Å². The Morgan fingerprint density at radius 3 is 2.59 bits per heavy atom. The predicted octanol–water partition coefficient (Wildman–Crippen LogP) is -0.508. The number of fused-ring (bicyclic) bond motifs is 1. The molecule has 12 nitrogen and oxygen atoms in total. The fourth-order valence-electron chi connectivity index (χ4n) is 4.15. The van der Waals surface area contributed by atoms with Crippen LogP contribution in [-0.4, -0.2) is 74.0 Å². The molecule has 1 fully saturated rings. The molecule has 34 heavy (non-hydrogen) atoms. The van der Waals surface area contributed by atoms with Crippen molar-refractivity contribution in [3.05, 3.63) is 35.4 Å². The maximum atomic E-state index is 13.6. The highest BCUT2D eigenvalue weighted by Crippen LogP contribution is 2.26. The topological polar surface area (TPSA) is 198 Å². The monoisotopic (exact) mass is 496 g/mol. The zero-order valence-corrected chi connectivity index (χ0v) is 19.6. The number of aldehydes is 1. The third-order valence-electron chi connectivity index (χ3n) is 5.67. The molecule has 2 aliphatic rings. The standard InChI is InChI=1S/C21H30N6O3.H2O3S/c22-21(23)26-11-3-6-15(13-28)27(19(29)17-8-4-10-24-17)20(30)18-16-7-2-1-5-14(16)9-12-25-18;1-4(2)3/h1-2,5,7,13,15,17-18,24-25H,3-4,6,8-12H2,(H4,22,23,26);(H2,1,2,3)/t15-,17-,18?;/m0./s1. The number of nitrogens with zero attached hydrogens (tertiary/aromatic N) is 1. The third-order valence-corrected chi connectivity index (χ3v) is 5.67. The molecule has 2 aliphatic heterocycles. The van der Waals surface area contributed by atoms with Crippen LogP contribution < -0.4 is 21.7 Å². The van der Waals surface area contributed by atoms with E-state index in [1.807, 2.05) is 24.3 Å². The van der Waals surface area contributed by atoms with Gasteiger partial charge in [0.15, 0.2) is 5.96 Å². The Hall–Kier alpha value is -2.71. The van der Waals surface area contributed by atoms with Gasteiger partial charge in [0.1, 0.15) is 12.3 Å². The van der Waals surface area contributed by atoms with Crippen LogP contribution in [0, 0.1) is 5.41 Å². The molecule has 0 spiro atoms. The van der Waals surface area contributed by atoms with Gasteiger partial charge < -0.3 is 26.5 Å². The van der Waals surface area contributed by atoms with Crippen LogP contribution in [-0.2, 0) is 32.2 Å². The molecule has 0 radical (unpaired) electrons. The number of carbonyl (C=O) groups is 3. The van der Waals surface area contributed by atoms with Crippen molar-refractivity contribution in [1.29, 1.82) is 5.41 Å². The van der Waals surface area contributed by atoms with E-state index in [1.165, 1.54) is 0 Å². The summed E-state index contributed by atoms with van der Waals surface area (Å²) in [6.45, 7) is 1.74. The number of nitrogens with two attached hydrogens (primary N) is 1. The van der Waals surface area contributed by atoms with Crippen LogP contribution in [0.4, 0.5) is 0 Å². The Bertz CT molecular complexity index is 890. The van der Waals surface area contributed by atoms with E-state index in [9.17, 15) is 14.4 Å². The maximum absolute atomic E-state index is 13.6. The first-order valence-corrected chi connectivity index (χ1v) is 12.1. The predicted molar refractivity (Wildman–Crippen MR) is 126 cm³/mol. The van der Waals surface area contributed by atoms with Gasteiger partial charge in [0, 0.05) is 13.1 Å². The van der Waals surface area contributed by atoms with E-state index in [1.54, 1.807) is 0 Å². The van der Waals surface area contributed by atoms with E-state index in [4.69, 9.17) is 24.5 Å². The summed E-state index contributed by atoms with van der Waals surface area (Å²) in [5.41, 5.74) is 7.22. The Kier molecular flexibility index (Phi) is 11.2. The van der Waals surface area contributed by atoms with Crippen LogP contribution in [0.1, 0.15) is 42.9 Å². The average molecular weight is 497 g/mol. The van der Waals surface area contributed by atoms with Gasteiger partial charge in [0.2, 0.25) is 5.91 Å². The zero-order valence-electron chi connectivity index (χ0n) is 18.7. The molecule has 13 heteroatoms. The average Bonchev–Trinajstić information content (AvgIpc) is 3.34. The van der Waals surface area contributed by atoms with E-state index in [0.717, 1.165) is 35.4 Å². The highest BCUT2D eigenvalue weighted by Gasteiger charge is 2.39. The van der Waals surface area contributed by atoms with Gasteiger partial charge in [-0.05, 0) is 49.8 Å². The van der Waals surface area contributed by atoms with E-state index in [-0.39, 0.29) is 11.9 Å². The van der Waals surface area contributed by atoms with E-state index < -0.39 is 35.4 Å². The van der Waals surface area contributed by atoms with Gasteiger partial charge in [0.05, 0.1) is 12.1 Å². The van der Waals surface area contributed by atoms with Crippen LogP contribution in [0.3, 0.4) is 0 Å². The molecular formula is C21H32N6O6S. The lowest BCUT2D eigenvalue weighted by Crippen LogP contribution is -2.55. The van der Waals surface area contributed by atoms with Gasteiger partial charge in [-0.2, -0.15) is 4.21 Å². The van der Waals surface area contributed by atoms with Crippen molar-refractivity contribution in [3.63, 3.8) is 0 Å². The van der Waals surface area contributed by atoms with Gasteiger partial charge in [-0.1, -0.05) is 24.3 Å². The largest absolute Gasteiger partial charge is 0.370 e. The molecule has 2 amide bonds. The molecule has 1 saturated heterocycles. The summed E-state index contributed by atoms with van der Waals surface area (Å²) in [5.74, 6) is -0.892. The summed E-state index contributed by atoms with van der Waals surface area (Å²) < 4.78 is 22.8. The molecule has 0 bridgehead atoms. The number of rotatable bonds is 8. The summed E-state index contributed by atoms with van der Waals surface area (Å²) >= 11 is -2.61. The minimum atomic E-state index is -2.61. The van der Waals surface area contributed by atoms with Gasteiger partial charge in [-0.15, -0.1) is 0 Å². The van der Waals surface area contributed by atoms with Crippen molar-refractivity contribution in [2.75, 3.05) is 19.6 Å². The van der Waals surface area contributed by atoms with Crippen LogP contribution in [0.15, 0.2) is 24.3 Å². The minimum absolute atomic E-state index is 0.153. The lowest BCUT2D eigenvalue weighted by Gasteiger charge is -2.34. The van der Waals surface area contributed by atoms with Crippen LogP contribution >= 0.6 is 0 Å². The van der Waals surface area contributed by atoms with Crippen molar-refractivity contribution in [2.24, 2.45) is 5.73 Å². The summed E-state index contributed by atoms with van der Waals surface area (Å²) in [6.07, 6.45) is 3.79. The molecule has 1 aromatic rings. The molecule has 188 valence electrons. The lowest BCUT2D eigenvalue weighted by molar-refractivity contribution is -0.152. The molecule has 1 unspecified atom stereocenters. The molecular weight excluding hydrogens is 464 g/mol. The fourth-order valence-corrected chi connectivity index (χ4v) is 4.15. The lowest BCUT2D eigenvalue weighted by atomic mass is 9.92.